The summed E-state index contributed by atoms with van der Waals surface area (Å²) in [6.45, 7) is 0. The molecule has 0 spiro atoms. The zero-order valence-electron chi connectivity index (χ0n) is 13.7. The Bertz CT molecular complexity index is 932. The van der Waals surface area contributed by atoms with Crippen molar-refractivity contribution in [2.75, 3.05) is 16.7 Å². The van der Waals surface area contributed by atoms with Crippen LogP contribution in [0.15, 0.2) is 28.7 Å². The van der Waals surface area contributed by atoms with Crippen molar-refractivity contribution in [2.45, 2.75) is 6.42 Å². The van der Waals surface area contributed by atoms with E-state index in [4.69, 9.17) is 10.8 Å². The molecule has 0 aliphatic rings. The number of amidine groups is 1. The van der Waals surface area contributed by atoms with Gasteiger partial charge in [-0.3, -0.25) is 18.3 Å². The first-order chi connectivity index (χ1) is 12.7. The van der Waals surface area contributed by atoms with Crippen molar-refractivity contribution in [1.29, 1.82) is 0 Å². The Morgan fingerprint density at radius 1 is 1.52 bits per heavy atom. The smallest absolute Gasteiger partial charge is 0.357 e. The van der Waals surface area contributed by atoms with Crippen LogP contribution in [0.5, 0.6) is 0 Å². The summed E-state index contributed by atoms with van der Waals surface area (Å²) in [4.78, 5) is 30.1. The molecule has 1 heterocycles. The van der Waals surface area contributed by atoms with Crippen LogP contribution in [0.3, 0.4) is 0 Å². The number of halogens is 1. The van der Waals surface area contributed by atoms with Crippen molar-refractivity contribution < 1.29 is 27.8 Å². The Balaban J connectivity index is 2.33. The molecule has 1 amide bonds. The summed E-state index contributed by atoms with van der Waals surface area (Å²) in [5, 5.41) is 11.2. The Morgan fingerprint density at radius 3 is 2.78 bits per heavy atom. The first kappa shape index (κ1) is 20.4. The molecule has 0 aliphatic heterocycles. The molecular weight excluding hydrogens is 401 g/mol. The molecule has 2 rings (SSSR count). The fourth-order valence-corrected chi connectivity index (χ4v) is 3.50. The average molecular weight is 414 g/mol. The number of thiazole rings is 1. The van der Waals surface area contributed by atoms with Gasteiger partial charge in [-0.15, -0.1) is 11.3 Å². The van der Waals surface area contributed by atoms with Crippen molar-refractivity contribution >= 4 is 56.7 Å². The molecule has 1 atom stereocenters. The maximum absolute atomic E-state index is 14.3. The third kappa shape index (κ3) is 4.84. The summed E-state index contributed by atoms with van der Waals surface area (Å²) in [6.07, 6.45) is -0.239. The highest BCUT2D eigenvalue weighted by Gasteiger charge is 2.23. The zero-order valence-corrected chi connectivity index (χ0v) is 15.3. The number of rotatable bonds is 7. The number of carboxylic acids is 1. The topological polar surface area (TPSA) is 161 Å². The largest absolute Gasteiger partial charge is 0.755 e. The molecule has 2 aromatic rings. The maximum Gasteiger partial charge on any atom is 0.357 e. The van der Waals surface area contributed by atoms with Crippen molar-refractivity contribution in [2.24, 2.45) is 10.7 Å². The van der Waals surface area contributed by atoms with E-state index < -0.39 is 34.7 Å². The summed E-state index contributed by atoms with van der Waals surface area (Å²) in [5.41, 5.74) is 5.72. The Morgan fingerprint density at radius 2 is 2.22 bits per heavy atom. The number of carbonyl (C=O) groups is 2. The molecule has 0 saturated carbocycles. The van der Waals surface area contributed by atoms with E-state index in [1.807, 2.05) is 0 Å². The summed E-state index contributed by atoms with van der Waals surface area (Å²) in [6, 6.07) is 3.19. The second kappa shape index (κ2) is 8.66. The number of nitrogens with zero attached hydrogens (tertiary/aromatic N) is 3. The molecule has 0 bridgehead atoms. The van der Waals surface area contributed by atoms with E-state index >= 15 is 0 Å². The van der Waals surface area contributed by atoms with Crippen LogP contribution >= 0.6 is 11.3 Å². The third-order valence-corrected chi connectivity index (χ3v) is 4.79. The Labute approximate surface area is 159 Å². The van der Waals surface area contributed by atoms with Gasteiger partial charge >= 0.3 is 5.97 Å². The van der Waals surface area contributed by atoms with Gasteiger partial charge < -0.3 is 20.7 Å². The van der Waals surface area contributed by atoms with Gasteiger partial charge in [0.1, 0.15) is 16.7 Å². The highest BCUT2D eigenvalue weighted by Crippen LogP contribution is 2.34. The van der Waals surface area contributed by atoms with Gasteiger partial charge in [0.05, 0.1) is 34.6 Å². The fraction of sp³-hybridized carbons (Fsp3) is 0.143. The predicted octanol–water partition coefficient (Wildman–Crippen LogP) is 1.23. The molecule has 1 aromatic carbocycles. The summed E-state index contributed by atoms with van der Waals surface area (Å²) in [5.74, 6) is -2.90. The number of benzene rings is 1. The van der Waals surface area contributed by atoms with Crippen LogP contribution in [0.2, 0.25) is 0 Å². The lowest BCUT2D eigenvalue weighted by molar-refractivity contribution is -0.115. The lowest BCUT2D eigenvalue weighted by Gasteiger charge is -2.25. The molecule has 1 aromatic heterocycles. The minimum Gasteiger partial charge on any atom is -0.755 e. The lowest BCUT2D eigenvalue weighted by atomic mass is 10.2. The number of hydrogen-bond acceptors (Lipinski definition) is 7. The SMILES string of the molecule is CN=C(N)CC(=O)Nc1ccc(N(c2scnc2C(=O)O)S(=O)[O-])cc1F. The predicted molar refractivity (Wildman–Crippen MR) is 97.3 cm³/mol. The standard InChI is InChI=1S/C14H14FN5O5S2/c1-17-10(16)5-11(21)19-9-3-2-7(4-8(9)15)20(27(24)25)13-12(14(22)23)18-6-26-13/h2-4,6H,5H2,1H3,(H2,16,17)(H,19,21)(H,22,23)(H,24,25)/p-1. The van der Waals surface area contributed by atoms with Gasteiger partial charge in [-0.2, -0.15) is 0 Å². The second-order valence-electron chi connectivity index (χ2n) is 4.93. The Hall–Kier alpha value is -2.90. The molecule has 1 unspecified atom stereocenters. The monoisotopic (exact) mass is 414 g/mol. The van der Waals surface area contributed by atoms with Crippen LogP contribution < -0.4 is 15.4 Å². The summed E-state index contributed by atoms with van der Waals surface area (Å²) >= 11 is -2.18. The highest BCUT2D eigenvalue weighted by atomic mass is 32.2. The quantitative estimate of drug-likeness (QED) is 0.349. The minimum atomic E-state index is -2.94. The molecule has 13 heteroatoms. The van der Waals surface area contributed by atoms with E-state index in [9.17, 15) is 22.7 Å². The Kier molecular flexibility index (Phi) is 6.55. The number of carboxylic acid groups (broad SMARTS) is 1. The number of amides is 1. The number of anilines is 3. The minimum absolute atomic E-state index is 0.0591. The summed E-state index contributed by atoms with van der Waals surface area (Å²) < 4.78 is 38.1. The normalized spacial score (nSPS) is 12.5. The second-order valence-corrected chi connectivity index (χ2v) is 6.56. The fourth-order valence-electron chi connectivity index (χ4n) is 1.97. The number of nitrogens with two attached hydrogens (primary N) is 1. The summed E-state index contributed by atoms with van der Waals surface area (Å²) in [7, 11) is 1.40. The van der Waals surface area contributed by atoms with Crippen LogP contribution in [0.1, 0.15) is 16.9 Å². The van der Waals surface area contributed by atoms with Crippen molar-refractivity contribution in [3.63, 3.8) is 0 Å². The van der Waals surface area contributed by atoms with E-state index in [1.165, 1.54) is 13.1 Å². The first-order valence-electron chi connectivity index (χ1n) is 7.11. The van der Waals surface area contributed by atoms with Gasteiger partial charge in [0.2, 0.25) is 5.91 Å². The maximum atomic E-state index is 14.3. The molecule has 10 nitrogen and oxygen atoms in total. The van der Waals surface area contributed by atoms with Crippen LogP contribution in [0, 0.1) is 5.82 Å². The van der Waals surface area contributed by atoms with Crippen LogP contribution in [0.4, 0.5) is 20.8 Å². The van der Waals surface area contributed by atoms with Crippen molar-refractivity contribution in [3.05, 3.63) is 35.2 Å². The number of aliphatic imine (C=N–C) groups is 1. The van der Waals surface area contributed by atoms with E-state index in [1.54, 1.807) is 0 Å². The molecule has 144 valence electrons. The van der Waals surface area contributed by atoms with Gasteiger partial charge in [-0.1, -0.05) is 0 Å². The molecule has 0 aliphatic carbocycles. The molecule has 27 heavy (non-hydrogen) atoms. The van der Waals surface area contributed by atoms with Gasteiger partial charge in [-0.05, 0) is 12.1 Å². The zero-order chi connectivity index (χ0) is 20.1. The first-order valence-corrected chi connectivity index (χ1v) is 9.02. The van der Waals surface area contributed by atoms with E-state index in [-0.39, 0.29) is 28.6 Å². The highest BCUT2D eigenvalue weighted by molar-refractivity contribution is 7.81. The number of aromatic carboxylic acids is 1. The molecular formula is C14H13FN5O5S2-. The lowest BCUT2D eigenvalue weighted by Crippen LogP contribution is -2.23. The van der Waals surface area contributed by atoms with Crippen molar-refractivity contribution in [1.82, 2.24) is 4.98 Å². The van der Waals surface area contributed by atoms with Crippen LogP contribution in [-0.4, -0.2) is 43.6 Å². The van der Waals surface area contributed by atoms with Gasteiger partial charge in [0.25, 0.3) is 0 Å². The van der Waals surface area contributed by atoms with E-state index in [0.29, 0.717) is 4.31 Å². The molecule has 4 N–H and O–H groups in total. The van der Waals surface area contributed by atoms with E-state index in [2.05, 4.69) is 15.3 Å². The number of hydrogen-bond donors (Lipinski definition) is 3. The third-order valence-electron chi connectivity index (χ3n) is 3.17. The van der Waals surface area contributed by atoms with Crippen LogP contribution in [-0.2, 0) is 16.1 Å². The van der Waals surface area contributed by atoms with Gasteiger partial charge in [0, 0.05) is 13.1 Å². The van der Waals surface area contributed by atoms with Gasteiger partial charge in [0.15, 0.2) is 5.69 Å². The van der Waals surface area contributed by atoms with Gasteiger partial charge in [-0.25, -0.2) is 14.2 Å². The van der Waals surface area contributed by atoms with Crippen molar-refractivity contribution in [3.8, 4) is 0 Å². The number of carbonyl (C=O) groups excluding carboxylic acids is 1. The van der Waals surface area contributed by atoms with E-state index in [0.717, 1.165) is 29.0 Å². The number of aromatic nitrogens is 1. The number of nitrogens with one attached hydrogen (secondary N) is 1. The molecule has 0 saturated heterocycles. The average Bonchev–Trinajstić information content (AvgIpc) is 3.06. The van der Waals surface area contributed by atoms with Crippen LogP contribution in [0.25, 0.3) is 0 Å². The molecule has 0 radical (unpaired) electrons. The molecule has 0 fully saturated rings.